The lowest BCUT2D eigenvalue weighted by molar-refractivity contribution is -0.105. The molecule has 4 nitrogen and oxygen atoms in total. The van der Waals surface area contributed by atoms with Gasteiger partial charge in [-0.2, -0.15) is 0 Å². The molecule has 0 aromatic heterocycles. The first kappa shape index (κ1) is 11.3. The maximum absolute atomic E-state index is 10.5. The van der Waals surface area contributed by atoms with E-state index in [-0.39, 0.29) is 5.57 Å². The fourth-order valence-electron chi connectivity index (χ4n) is 1.14. The minimum Gasteiger partial charge on any atom is -0.515 e. The van der Waals surface area contributed by atoms with Gasteiger partial charge in [-0.15, -0.1) is 0 Å². The Labute approximate surface area is 87.4 Å². The summed E-state index contributed by atoms with van der Waals surface area (Å²) in [6, 6.07) is 6.57. The summed E-state index contributed by atoms with van der Waals surface area (Å²) in [5.41, 5.74) is 0.434. The zero-order chi connectivity index (χ0) is 11.3. The number of benzene rings is 1. The third kappa shape index (κ3) is 2.57. The first-order valence-electron chi connectivity index (χ1n) is 4.34. The van der Waals surface area contributed by atoms with Crippen molar-refractivity contribution in [1.29, 1.82) is 0 Å². The zero-order valence-electron chi connectivity index (χ0n) is 8.25. The van der Waals surface area contributed by atoms with Crippen molar-refractivity contribution in [3.63, 3.8) is 0 Å². The van der Waals surface area contributed by atoms with Crippen LogP contribution in [0.3, 0.4) is 0 Å². The SMILES string of the molecule is COc1ccc(C(O)/C(C=O)=C/O)cc1. The number of methoxy groups -OCH3 is 1. The summed E-state index contributed by atoms with van der Waals surface area (Å²) in [4.78, 5) is 10.5. The average molecular weight is 208 g/mol. The minimum absolute atomic E-state index is 0.0832. The summed E-state index contributed by atoms with van der Waals surface area (Å²) >= 11 is 0. The van der Waals surface area contributed by atoms with Gasteiger partial charge in [0.05, 0.1) is 18.9 Å². The molecule has 1 aromatic carbocycles. The highest BCUT2D eigenvalue weighted by Crippen LogP contribution is 2.22. The number of rotatable bonds is 4. The lowest BCUT2D eigenvalue weighted by Gasteiger charge is -2.10. The van der Waals surface area contributed by atoms with Crippen molar-refractivity contribution < 1.29 is 19.7 Å². The summed E-state index contributed by atoms with van der Waals surface area (Å²) in [6.45, 7) is 0. The minimum atomic E-state index is -1.11. The Balaban J connectivity index is 2.91. The molecule has 0 amide bonds. The predicted octanol–water partition coefficient (Wildman–Crippen LogP) is 1.37. The molecule has 0 spiro atoms. The quantitative estimate of drug-likeness (QED) is 0.445. The molecule has 15 heavy (non-hydrogen) atoms. The molecule has 1 unspecified atom stereocenters. The number of carbonyl (C=O) groups excluding carboxylic acids is 1. The van der Waals surface area contributed by atoms with Gasteiger partial charge in [-0.05, 0) is 17.7 Å². The Morgan fingerprint density at radius 2 is 2.00 bits per heavy atom. The van der Waals surface area contributed by atoms with Gasteiger partial charge in [-0.1, -0.05) is 12.1 Å². The lowest BCUT2D eigenvalue weighted by atomic mass is 10.0. The van der Waals surface area contributed by atoms with Gasteiger partial charge in [0, 0.05) is 0 Å². The van der Waals surface area contributed by atoms with Crippen molar-refractivity contribution in [2.75, 3.05) is 7.11 Å². The smallest absolute Gasteiger partial charge is 0.152 e. The third-order valence-corrected chi connectivity index (χ3v) is 2.03. The van der Waals surface area contributed by atoms with Gasteiger partial charge in [-0.3, -0.25) is 4.79 Å². The van der Waals surface area contributed by atoms with Crippen molar-refractivity contribution in [3.05, 3.63) is 41.7 Å². The number of hydrogen-bond acceptors (Lipinski definition) is 4. The lowest BCUT2D eigenvalue weighted by Crippen LogP contribution is -2.02. The van der Waals surface area contributed by atoms with Gasteiger partial charge < -0.3 is 14.9 Å². The van der Waals surface area contributed by atoms with Crippen LogP contribution in [-0.4, -0.2) is 23.6 Å². The number of ether oxygens (including phenoxy) is 1. The third-order valence-electron chi connectivity index (χ3n) is 2.03. The molecule has 0 aliphatic heterocycles. The second kappa shape index (κ2) is 5.17. The van der Waals surface area contributed by atoms with Crippen LogP contribution in [0.5, 0.6) is 5.75 Å². The van der Waals surface area contributed by atoms with Crippen molar-refractivity contribution in [2.45, 2.75) is 6.10 Å². The maximum atomic E-state index is 10.5. The van der Waals surface area contributed by atoms with Gasteiger partial charge in [0.25, 0.3) is 0 Å². The fourth-order valence-corrected chi connectivity index (χ4v) is 1.14. The highest BCUT2D eigenvalue weighted by Gasteiger charge is 2.12. The van der Waals surface area contributed by atoms with E-state index < -0.39 is 6.10 Å². The molecule has 2 N–H and O–H groups in total. The van der Waals surface area contributed by atoms with Gasteiger partial charge in [-0.25, -0.2) is 0 Å². The van der Waals surface area contributed by atoms with Crippen LogP contribution in [0.4, 0.5) is 0 Å². The summed E-state index contributed by atoms with van der Waals surface area (Å²) in [5, 5.41) is 18.3. The Hall–Kier alpha value is -1.81. The van der Waals surface area contributed by atoms with Crippen LogP contribution in [-0.2, 0) is 4.79 Å². The van der Waals surface area contributed by atoms with Crippen molar-refractivity contribution in [1.82, 2.24) is 0 Å². The van der Waals surface area contributed by atoms with Crippen LogP contribution < -0.4 is 4.74 Å². The van der Waals surface area contributed by atoms with Crippen molar-refractivity contribution in [3.8, 4) is 5.75 Å². The molecule has 1 rings (SSSR count). The average Bonchev–Trinajstić information content (AvgIpc) is 2.30. The van der Waals surface area contributed by atoms with Crippen LogP contribution in [0.15, 0.2) is 36.1 Å². The van der Waals surface area contributed by atoms with Crippen LogP contribution in [0.2, 0.25) is 0 Å². The summed E-state index contributed by atoms with van der Waals surface area (Å²) < 4.78 is 4.95. The number of aliphatic hydroxyl groups is 2. The molecular formula is C11H12O4. The van der Waals surface area contributed by atoms with Gasteiger partial charge in [0.1, 0.15) is 11.9 Å². The fraction of sp³-hybridized carbons (Fsp3) is 0.182. The first-order valence-corrected chi connectivity index (χ1v) is 4.34. The molecule has 0 saturated carbocycles. The Bertz CT molecular complexity index is 353. The topological polar surface area (TPSA) is 66.8 Å². The Morgan fingerprint density at radius 1 is 1.40 bits per heavy atom. The molecule has 4 heteroatoms. The first-order chi connectivity index (χ1) is 7.22. The van der Waals surface area contributed by atoms with E-state index in [9.17, 15) is 9.90 Å². The molecule has 80 valence electrons. The van der Waals surface area contributed by atoms with E-state index in [4.69, 9.17) is 9.84 Å². The van der Waals surface area contributed by atoms with E-state index in [1.165, 1.54) is 7.11 Å². The van der Waals surface area contributed by atoms with Gasteiger partial charge in [0.2, 0.25) is 0 Å². The molecule has 0 saturated heterocycles. The van der Waals surface area contributed by atoms with E-state index in [1.807, 2.05) is 0 Å². The summed E-state index contributed by atoms with van der Waals surface area (Å²) in [6.07, 6.45) is -0.102. The van der Waals surface area contributed by atoms with E-state index in [0.717, 1.165) is 0 Å². The van der Waals surface area contributed by atoms with E-state index >= 15 is 0 Å². The number of hydrogen-bond donors (Lipinski definition) is 2. The maximum Gasteiger partial charge on any atom is 0.152 e. The molecule has 0 radical (unpaired) electrons. The normalized spacial score (nSPS) is 13.3. The van der Waals surface area contributed by atoms with Gasteiger partial charge >= 0.3 is 0 Å². The molecule has 0 bridgehead atoms. The molecule has 1 atom stereocenters. The second-order valence-corrected chi connectivity index (χ2v) is 2.92. The van der Waals surface area contributed by atoms with E-state index in [0.29, 0.717) is 23.9 Å². The van der Waals surface area contributed by atoms with E-state index in [2.05, 4.69) is 0 Å². The van der Waals surface area contributed by atoms with Crippen LogP contribution in [0.1, 0.15) is 11.7 Å². The Kier molecular flexibility index (Phi) is 3.88. The number of carbonyl (C=O) groups is 1. The van der Waals surface area contributed by atoms with Crippen LogP contribution >= 0.6 is 0 Å². The molecule has 0 fully saturated rings. The molecular weight excluding hydrogens is 196 g/mol. The van der Waals surface area contributed by atoms with Crippen LogP contribution in [0, 0.1) is 0 Å². The van der Waals surface area contributed by atoms with Crippen molar-refractivity contribution >= 4 is 6.29 Å². The number of aliphatic hydroxyl groups excluding tert-OH is 2. The highest BCUT2D eigenvalue weighted by atomic mass is 16.5. The van der Waals surface area contributed by atoms with Crippen molar-refractivity contribution in [2.24, 2.45) is 0 Å². The Morgan fingerprint density at radius 3 is 2.40 bits per heavy atom. The molecule has 1 aromatic rings. The molecule has 0 aliphatic rings. The van der Waals surface area contributed by atoms with E-state index in [1.54, 1.807) is 24.3 Å². The molecule has 0 heterocycles. The summed E-state index contributed by atoms with van der Waals surface area (Å²) in [5.74, 6) is 0.659. The highest BCUT2D eigenvalue weighted by molar-refractivity contribution is 5.74. The standard InChI is InChI=1S/C11H12O4/c1-15-10-4-2-8(3-5-10)11(14)9(6-12)7-13/h2-7,11-12,14H,1H3/b9-6+. The van der Waals surface area contributed by atoms with Gasteiger partial charge in [0.15, 0.2) is 6.29 Å². The number of aldehydes is 1. The molecule has 0 aliphatic carbocycles. The van der Waals surface area contributed by atoms with Crippen LogP contribution in [0.25, 0.3) is 0 Å². The summed E-state index contributed by atoms with van der Waals surface area (Å²) in [7, 11) is 1.54. The monoisotopic (exact) mass is 208 g/mol. The predicted molar refractivity (Wildman–Crippen MR) is 54.7 cm³/mol. The zero-order valence-corrected chi connectivity index (χ0v) is 8.25. The second-order valence-electron chi connectivity index (χ2n) is 2.92. The largest absolute Gasteiger partial charge is 0.515 e.